The number of rotatable bonds is 8. The van der Waals surface area contributed by atoms with Crippen LogP contribution in [0.4, 0.5) is 0 Å². The Labute approximate surface area is 157 Å². The molecule has 0 radical (unpaired) electrons. The molecule has 0 heterocycles. The van der Waals surface area contributed by atoms with Gasteiger partial charge in [0.1, 0.15) is 18.5 Å². The summed E-state index contributed by atoms with van der Waals surface area (Å²) in [5, 5.41) is 13.0. The van der Waals surface area contributed by atoms with E-state index in [-0.39, 0.29) is 18.1 Å². The summed E-state index contributed by atoms with van der Waals surface area (Å²) in [4.78, 5) is -0.218. The first-order valence-corrected chi connectivity index (χ1v) is 9.76. The number of benzene rings is 3. The molecule has 0 amide bonds. The van der Waals surface area contributed by atoms with Gasteiger partial charge < -0.3 is 14.6 Å². The third-order valence-electron chi connectivity index (χ3n) is 4.05. The summed E-state index contributed by atoms with van der Waals surface area (Å²) in [7, 11) is -4.34. The minimum atomic E-state index is -4.34. The molecule has 0 aliphatic heterocycles. The van der Waals surface area contributed by atoms with Crippen molar-refractivity contribution in [1.29, 1.82) is 0 Å². The number of ether oxygens (including phenoxy) is 2. The smallest absolute Gasteiger partial charge is 0.294 e. The Balaban J connectivity index is 2.04. The van der Waals surface area contributed by atoms with E-state index in [0.29, 0.717) is 17.7 Å². The highest BCUT2D eigenvalue weighted by atomic mass is 32.2. The highest BCUT2D eigenvalue weighted by Gasteiger charge is 2.16. The number of aliphatic hydroxyl groups is 1. The zero-order chi connectivity index (χ0) is 19.4. The number of hydrogen-bond acceptors (Lipinski definition) is 5. The summed E-state index contributed by atoms with van der Waals surface area (Å²) in [5.74, 6) is 0.441. The van der Waals surface area contributed by atoms with Gasteiger partial charge in [-0.15, -0.1) is 6.58 Å². The standard InChI is InChI=1S/C20H20O6S/c1-2-9-25-12-16(21)13-26-20-18-6-4-3-5-14(18)10-15-7-8-17(11-19(15)20)27(22,23)24/h2-8,10-11,16,21H,1,9,12-13H2,(H,22,23,24). The van der Waals surface area contributed by atoms with Crippen LogP contribution in [0.2, 0.25) is 0 Å². The van der Waals surface area contributed by atoms with E-state index in [1.807, 2.05) is 30.3 Å². The quantitative estimate of drug-likeness (QED) is 0.266. The summed E-state index contributed by atoms with van der Waals surface area (Å²) in [6.07, 6.45) is 0.728. The summed E-state index contributed by atoms with van der Waals surface area (Å²) < 4.78 is 43.5. The number of hydrogen-bond donors (Lipinski definition) is 2. The summed E-state index contributed by atoms with van der Waals surface area (Å²) in [6.45, 7) is 3.92. The van der Waals surface area contributed by atoms with Crippen molar-refractivity contribution in [3.05, 3.63) is 61.2 Å². The number of fused-ring (bicyclic) bond motifs is 2. The van der Waals surface area contributed by atoms with Crippen molar-refractivity contribution in [3.8, 4) is 5.75 Å². The van der Waals surface area contributed by atoms with Crippen LogP contribution >= 0.6 is 0 Å². The van der Waals surface area contributed by atoms with E-state index in [9.17, 15) is 18.1 Å². The molecule has 6 nitrogen and oxygen atoms in total. The van der Waals surface area contributed by atoms with Gasteiger partial charge in [-0.2, -0.15) is 8.42 Å². The van der Waals surface area contributed by atoms with Gasteiger partial charge in [0.15, 0.2) is 0 Å². The van der Waals surface area contributed by atoms with Crippen LogP contribution in [0.25, 0.3) is 21.5 Å². The predicted octanol–water partition coefficient (Wildman–Crippen LogP) is 3.18. The third-order valence-corrected chi connectivity index (χ3v) is 4.90. The van der Waals surface area contributed by atoms with Crippen LogP contribution in [0.3, 0.4) is 0 Å². The van der Waals surface area contributed by atoms with Crippen LogP contribution in [0, 0.1) is 0 Å². The van der Waals surface area contributed by atoms with Gasteiger partial charge >= 0.3 is 0 Å². The first-order valence-electron chi connectivity index (χ1n) is 8.32. The molecule has 7 heteroatoms. The monoisotopic (exact) mass is 388 g/mol. The first-order chi connectivity index (χ1) is 12.9. The van der Waals surface area contributed by atoms with Crippen LogP contribution < -0.4 is 4.74 Å². The maximum atomic E-state index is 11.5. The first kappa shape index (κ1) is 19.3. The highest BCUT2D eigenvalue weighted by Crippen LogP contribution is 2.36. The van der Waals surface area contributed by atoms with Crippen LogP contribution in [0.5, 0.6) is 5.75 Å². The van der Waals surface area contributed by atoms with E-state index in [1.54, 1.807) is 12.1 Å². The van der Waals surface area contributed by atoms with Gasteiger partial charge in [-0.3, -0.25) is 4.55 Å². The van der Waals surface area contributed by atoms with Crippen LogP contribution in [0.15, 0.2) is 66.1 Å². The molecule has 1 atom stereocenters. The summed E-state index contributed by atoms with van der Waals surface area (Å²) in [5.41, 5.74) is 0. The SMILES string of the molecule is C=CCOCC(O)COc1c2ccccc2cc2ccc(S(=O)(=O)O)cc12. The lowest BCUT2D eigenvalue weighted by atomic mass is 10.0. The Morgan fingerprint density at radius 1 is 1.04 bits per heavy atom. The molecule has 0 bridgehead atoms. The minimum Gasteiger partial charge on any atom is -0.489 e. The molecule has 2 N–H and O–H groups in total. The summed E-state index contributed by atoms with van der Waals surface area (Å²) in [6, 6.07) is 13.7. The highest BCUT2D eigenvalue weighted by molar-refractivity contribution is 7.85. The fourth-order valence-corrected chi connectivity index (χ4v) is 3.34. The molecule has 1 unspecified atom stereocenters. The second kappa shape index (κ2) is 8.06. The second-order valence-electron chi connectivity index (χ2n) is 6.08. The van der Waals surface area contributed by atoms with Crippen molar-refractivity contribution in [3.63, 3.8) is 0 Å². The number of aliphatic hydroxyl groups excluding tert-OH is 1. The van der Waals surface area contributed by atoms with E-state index < -0.39 is 16.2 Å². The maximum absolute atomic E-state index is 11.5. The molecule has 0 aliphatic carbocycles. The Morgan fingerprint density at radius 2 is 1.78 bits per heavy atom. The van der Waals surface area contributed by atoms with Crippen LogP contribution in [-0.4, -0.2) is 44.0 Å². The molecule has 0 saturated carbocycles. The molecule has 3 aromatic carbocycles. The minimum absolute atomic E-state index is 0.0314. The van der Waals surface area contributed by atoms with Crippen LogP contribution in [-0.2, 0) is 14.9 Å². The zero-order valence-corrected chi connectivity index (χ0v) is 15.4. The molecular weight excluding hydrogens is 368 g/mol. The van der Waals surface area contributed by atoms with Gasteiger partial charge in [0.05, 0.1) is 18.1 Å². The zero-order valence-electron chi connectivity index (χ0n) is 14.5. The van der Waals surface area contributed by atoms with Crippen molar-refractivity contribution in [2.75, 3.05) is 19.8 Å². The molecule has 0 aromatic heterocycles. The van der Waals surface area contributed by atoms with Gasteiger partial charge in [-0.25, -0.2) is 0 Å². The average Bonchev–Trinajstić information content (AvgIpc) is 2.64. The molecule has 142 valence electrons. The predicted molar refractivity (Wildman–Crippen MR) is 104 cm³/mol. The molecule has 3 aromatic rings. The molecule has 0 aliphatic rings. The Hall–Kier alpha value is -2.45. The van der Waals surface area contributed by atoms with E-state index in [1.165, 1.54) is 12.1 Å². The molecule has 0 saturated heterocycles. The maximum Gasteiger partial charge on any atom is 0.294 e. The van der Waals surface area contributed by atoms with E-state index in [0.717, 1.165) is 16.2 Å². The van der Waals surface area contributed by atoms with Gasteiger partial charge in [0.25, 0.3) is 10.1 Å². The Bertz CT molecular complexity index is 1070. The van der Waals surface area contributed by atoms with Gasteiger partial charge in [0, 0.05) is 10.8 Å². The molecule has 3 rings (SSSR count). The van der Waals surface area contributed by atoms with Gasteiger partial charge in [-0.05, 0) is 29.0 Å². The van der Waals surface area contributed by atoms with Crippen molar-refractivity contribution < 1.29 is 27.6 Å². The van der Waals surface area contributed by atoms with E-state index >= 15 is 0 Å². The lowest BCUT2D eigenvalue weighted by molar-refractivity contribution is 0.0220. The van der Waals surface area contributed by atoms with Crippen molar-refractivity contribution in [2.45, 2.75) is 11.0 Å². The Kier molecular flexibility index (Phi) is 5.76. The average molecular weight is 388 g/mol. The lowest BCUT2D eigenvalue weighted by Crippen LogP contribution is -2.23. The van der Waals surface area contributed by atoms with Crippen molar-refractivity contribution in [1.82, 2.24) is 0 Å². The molecule has 0 fully saturated rings. The summed E-state index contributed by atoms with van der Waals surface area (Å²) >= 11 is 0. The second-order valence-corrected chi connectivity index (χ2v) is 7.50. The van der Waals surface area contributed by atoms with Crippen molar-refractivity contribution in [2.24, 2.45) is 0 Å². The molecule has 27 heavy (non-hydrogen) atoms. The van der Waals surface area contributed by atoms with E-state index in [2.05, 4.69) is 6.58 Å². The fourth-order valence-electron chi connectivity index (χ4n) is 2.83. The van der Waals surface area contributed by atoms with Crippen LogP contribution in [0.1, 0.15) is 0 Å². The topological polar surface area (TPSA) is 93.1 Å². The van der Waals surface area contributed by atoms with Crippen molar-refractivity contribution >= 4 is 31.7 Å². The third kappa shape index (κ3) is 4.45. The van der Waals surface area contributed by atoms with E-state index in [4.69, 9.17) is 9.47 Å². The normalized spacial score (nSPS) is 13.0. The molecular formula is C20H20O6S. The fraction of sp³-hybridized carbons (Fsp3) is 0.200. The van der Waals surface area contributed by atoms with Gasteiger partial charge in [0.2, 0.25) is 0 Å². The Morgan fingerprint density at radius 3 is 2.52 bits per heavy atom. The van der Waals surface area contributed by atoms with Gasteiger partial charge in [-0.1, -0.05) is 36.4 Å². The lowest BCUT2D eigenvalue weighted by Gasteiger charge is -2.16. The largest absolute Gasteiger partial charge is 0.489 e. The molecule has 0 spiro atoms.